The van der Waals surface area contributed by atoms with Crippen molar-refractivity contribution in [3.05, 3.63) is 29.5 Å². The maximum Gasteiger partial charge on any atom is 0.0841 e. The van der Waals surface area contributed by atoms with Gasteiger partial charge in [-0.3, -0.25) is 4.68 Å². The molecule has 1 aromatic carbocycles. The summed E-state index contributed by atoms with van der Waals surface area (Å²) < 4.78 is 1.99. The molecule has 102 valence electrons. The second kappa shape index (κ2) is 5.55. The Hall–Kier alpha value is -1.00. The van der Waals surface area contributed by atoms with Gasteiger partial charge in [-0.05, 0) is 37.7 Å². The molecule has 2 heterocycles. The Kier molecular flexibility index (Phi) is 3.80. The highest BCUT2D eigenvalue weighted by Gasteiger charge is 2.15. The van der Waals surface area contributed by atoms with Crippen LogP contribution in [0.4, 0.5) is 0 Å². The number of hydrogen-bond donors (Lipinski definition) is 1. The molecule has 1 N–H and O–H groups in total. The molecule has 2 aromatic rings. The summed E-state index contributed by atoms with van der Waals surface area (Å²) in [6.07, 6.45) is 2.64. The Balaban J connectivity index is 1.78. The SMILES string of the molecule is Cc1ccc2c(c1)c(CN[C@@H]1CCCSC1)nn2C. The molecule has 0 saturated carbocycles. The Morgan fingerprint density at radius 3 is 3.16 bits per heavy atom. The van der Waals surface area contributed by atoms with Gasteiger partial charge in [-0.25, -0.2) is 0 Å². The summed E-state index contributed by atoms with van der Waals surface area (Å²) >= 11 is 2.06. The van der Waals surface area contributed by atoms with E-state index < -0.39 is 0 Å². The van der Waals surface area contributed by atoms with Crippen molar-refractivity contribution in [1.29, 1.82) is 0 Å². The predicted molar refractivity (Wildman–Crippen MR) is 82.6 cm³/mol. The van der Waals surface area contributed by atoms with Crippen molar-refractivity contribution in [2.75, 3.05) is 11.5 Å². The molecule has 19 heavy (non-hydrogen) atoms. The van der Waals surface area contributed by atoms with Gasteiger partial charge in [0.05, 0.1) is 11.2 Å². The second-order valence-corrected chi connectivity index (χ2v) is 6.54. The first kappa shape index (κ1) is 13.0. The number of rotatable bonds is 3. The molecule has 1 atom stereocenters. The molecule has 1 aliphatic rings. The highest BCUT2D eigenvalue weighted by Crippen LogP contribution is 2.21. The van der Waals surface area contributed by atoms with E-state index in [1.807, 2.05) is 11.7 Å². The quantitative estimate of drug-likeness (QED) is 0.934. The van der Waals surface area contributed by atoms with E-state index in [4.69, 9.17) is 0 Å². The van der Waals surface area contributed by atoms with Gasteiger partial charge in [-0.1, -0.05) is 11.6 Å². The fraction of sp³-hybridized carbons (Fsp3) is 0.533. The summed E-state index contributed by atoms with van der Waals surface area (Å²) in [7, 11) is 2.03. The number of nitrogens with one attached hydrogen (secondary N) is 1. The van der Waals surface area contributed by atoms with Crippen molar-refractivity contribution in [2.45, 2.75) is 32.4 Å². The van der Waals surface area contributed by atoms with Crippen LogP contribution in [-0.2, 0) is 13.6 Å². The summed E-state index contributed by atoms with van der Waals surface area (Å²) in [5.41, 5.74) is 3.70. The van der Waals surface area contributed by atoms with Crippen LogP contribution in [-0.4, -0.2) is 27.3 Å². The van der Waals surface area contributed by atoms with Crippen LogP contribution in [0.1, 0.15) is 24.1 Å². The normalized spacial score (nSPS) is 20.0. The van der Waals surface area contributed by atoms with Gasteiger partial charge in [0.15, 0.2) is 0 Å². The average molecular weight is 275 g/mol. The van der Waals surface area contributed by atoms with Crippen LogP contribution in [0.2, 0.25) is 0 Å². The van der Waals surface area contributed by atoms with Gasteiger partial charge in [0.25, 0.3) is 0 Å². The molecule has 0 amide bonds. The molecule has 1 aliphatic heterocycles. The molecule has 1 aromatic heterocycles. The van der Waals surface area contributed by atoms with Crippen molar-refractivity contribution in [3.63, 3.8) is 0 Å². The van der Waals surface area contributed by atoms with Gasteiger partial charge in [0, 0.05) is 30.8 Å². The first-order valence-corrected chi connectivity index (χ1v) is 8.13. The number of aryl methyl sites for hydroxylation is 2. The zero-order chi connectivity index (χ0) is 13.2. The zero-order valence-corrected chi connectivity index (χ0v) is 12.5. The standard InChI is InChI=1S/C15H21N3S/c1-11-5-6-15-13(8-11)14(17-18(15)2)9-16-12-4-3-7-19-10-12/h5-6,8,12,16H,3-4,7,9-10H2,1-2H3/t12-/m1/s1. The van der Waals surface area contributed by atoms with Crippen LogP contribution < -0.4 is 5.32 Å². The second-order valence-electron chi connectivity index (χ2n) is 5.39. The molecular weight excluding hydrogens is 254 g/mol. The fourth-order valence-corrected chi connectivity index (χ4v) is 3.83. The van der Waals surface area contributed by atoms with Crippen LogP contribution >= 0.6 is 11.8 Å². The topological polar surface area (TPSA) is 29.9 Å². The molecule has 3 nitrogen and oxygen atoms in total. The number of fused-ring (bicyclic) bond motifs is 1. The lowest BCUT2D eigenvalue weighted by Gasteiger charge is -2.22. The third kappa shape index (κ3) is 2.79. The van der Waals surface area contributed by atoms with E-state index in [0.717, 1.165) is 6.54 Å². The van der Waals surface area contributed by atoms with Crippen LogP contribution in [0.25, 0.3) is 10.9 Å². The number of nitrogens with zero attached hydrogens (tertiary/aromatic N) is 2. The van der Waals surface area contributed by atoms with Crippen molar-refractivity contribution >= 4 is 22.7 Å². The van der Waals surface area contributed by atoms with Gasteiger partial charge in [0.1, 0.15) is 0 Å². The molecule has 0 unspecified atom stereocenters. The van der Waals surface area contributed by atoms with E-state index in [-0.39, 0.29) is 0 Å². The van der Waals surface area contributed by atoms with Crippen molar-refractivity contribution < 1.29 is 0 Å². The number of aromatic nitrogens is 2. The molecule has 0 spiro atoms. The third-order valence-corrected chi connectivity index (χ3v) is 5.02. The van der Waals surface area contributed by atoms with Gasteiger partial charge >= 0.3 is 0 Å². The molecule has 1 fully saturated rings. The molecular formula is C15H21N3S. The number of thioether (sulfide) groups is 1. The predicted octanol–water partition coefficient (Wildman–Crippen LogP) is 2.87. The summed E-state index contributed by atoms with van der Waals surface area (Å²) in [5, 5.41) is 9.62. The first-order chi connectivity index (χ1) is 9.24. The van der Waals surface area contributed by atoms with E-state index in [0.29, 0.717) is 6.04 Å². The lowest BCUT2D eigenvalue weighted by molar-refractivity contribution is 0.502. The van der Waals surface area contributed by atoms with E-state index in [1.165, 1.54) is 46.5 Å². The summed E-state index contributed by atoms with van der Waals surface area (Å²) in [6, 6.07) is 7.21. The smallest absolute Gasteiger partial charge is 0.0841 e. The maximum absolute atomic E-state index is 4.66. The minimum Gasteiger partial charge on any atom is -0.307 e. The van der Waals surface area contributed by atoms with E-state index in [1.54, 1.807) is 0 Å². The van der Waals surface area contributed by atoms with Crippen molar-refractivity contribution in [1.82, 2.24) is 15.1 Å². The minimum atomic E-state index is 0.653. The van der Waals surface area contributed by atoms with Crippen LogP contribution in [0.3, 0.4) is 0 Å². The van der Waals surface area contributed by atoms with Gasteiger partial charge < -0.3 is 5.32 Å². The molecule has 1 saturated heterocycles. The average Bonchev–Trinajstić information content (AvgIpc) is 2.74. The zero-order valence-electron chi connectivity index (χ0n) is 11.6. The summed E-state index contributed by atoms with van der Waals surface area (Å²) in [6.45, 7) is 3.02. The molecule has 3 rings (SSSR count). The van der Waals surface area contributed by atoms with Gasteiger partial charge in [-0.2, -0.15) is 16.9 Å². The van der Waals surface area contributed by atoms with Crippen molar-refractivity contribution in [2.24, 2.45) is 7.05 Å². The van der Waals surface area contributed by atoms with Gasteiger partial charge in [0.2, 0.25) is 0 Å². The summed E-state index contributed by atoms with van der Waals surface area (Å²) in [5.74, 6) is 2.56. The highest BCUT2D eigenvalue weighted by molar-refractivity contribution is 7.99. The minimum absolute atomic E-state index is 0.653. The van der Waals surface area contributed by atoms with Gasteiger partial charge in [-0.15, -0.1) is 0 Å². The Labute approximate surface area is 118 Å². The van der Waals surface area contributed by atoms with E-state index in [9.17, 15) is 0 Å². The molecule has 0 bridgehead atoms. The Morgan fingerprint density at radius 1 is 1.47 bits per heavy atom. The maximum atomic E-state index is 4.66. The third-order valence-electron chi connectivity index (χ3n) is 3.80. The number of benzene rings is 1. The molecule has 0 aliphatic carbocycles. The fourth-order valence-electron chi connectivity index (χ4n) is 2.73. The van der Waals surface area contributed by atoms with Crippen LogP contribution in [0, 0.1) is 6.92 Å². The molecule has 4 heteroatoms. The lowest BCUT2D eigenvalue weighted by Crippen LogP contribution is -2.33. The van der Waals surface area contributed by atoms with Crippen LogP contribution in [0.15, 0.2) is 18.2 Å². The Bertz CT molecular complexity index is 570. The monoisotopic (exact) mass is 275 g/mol. The van der Waals surface area contributed by atoms with Crippen LogP contribution in [0.5, 0.6) is 0 Å². The number of hydrogen-bond acceptors (Lipinski definition) is 3. The van der Waals surface area contributed by atoms with Crippen molar-refractivity contribution in [3.8, 4) is 0 Å². The first-order valence-electron chi connectivity index (χ1n) is 6.97. The summed E-state index contributed by atoms with van der Waals surface area (Å²) in [4.78, 5) is 0. The van der Waals surface area contributed by atoms with E-state index >= 15 is 0 Å². The lowest BCUT2D eigenvalue weighted by atomic mass is 10.1. The largest absolute Gasteiger partial charge is 0.307 e. The molecule has 0 radical (unpaired) electrons. The Morgan fingerprint density at radius 2 is 2.37 bits per heavy atom. The van der Waals surface area contributed by atoms with E-state index in [2.05, 4.69) is 47.3 Å². The highest BCUT2D eigenvalue weighted by atomic mass is 32.2.